The number of aromatic nitrogens is 1. The van der Waals surface area contributed by atoms with Crippen LogP contribution in [0.4, 0.5) is 8.78 Å². The maximum atomic E-state index is 13.4. The number of nitrogens with zero attached hydrogens (tertiary/aromatic N) is 2. The number of hydrogen-bond donors (Lipinski definition) is 1. The summed E-state index contributed by atoms with van der Waals surface area (Å²) in [5.41, 5.74) is 3.23. The summed E-state index contributed by atoms with van der Waals surface area (Å²) in [5, 5.41) is 12.1. The maximum Gasteiger partial charge on any atom is 0.262 e. The SMILES string of the molecule is Cc1cc(/C=C(\C#N)C(=O)NC(C)c2ccc(F)c(F)c2)c(C)n1CC(C)C. The van der Waals surface area contributed by atoms with Crippen LogP contribution < -0.4 is 5.32 Å². The molecule has 1 N–H and O–H groups in total. The highest BCUT2D eigenvalue weighted by Crippen LogP contribution is 2.21. The van der Waals surface area contributed by atoms with Gasteiger partial charge in [0.15, 0.2) is 11.6 Å². The molecule has 0 aliphatic rings. The van der Waals surface area contributed by atoms with E-state index in [9.17, 15) is 18.8 Å². The van der Waals surface area contributed by atoms with Crippen molar-refractivity contribution in [2.75, 3.05) is 0 Å². The third-order valence-electron chi connectivity index (χ3n) is 4.62. The predicted molar refractivity (Wildman–Crippen MR) is 105 cm³/mol. The van der Waals surface area contributed by atoms with Gasteiger partial charge in [-0.3, -0.25) is 4.79 Å². The minimum Gasteiger partial charge on any atom is -0.348 e. The number of nitrogens with one attached hydrogen (secondary N) is 1. The second kappa shape index (κ2) is 8.83. The van der Waals surface area contributed by atoms with Crippen LogP contribution in [-0.4, -0.2) is 10.5 Å². The van der Waals surface area contributed by atoms with Crippen molar-refractivity contribution in [1.82, 2.24) is 9.88 Å². The first-order chi connectivity index (χ1) is 13.1. The molecule has 2 rings (SSSR count). The molecule has 2 aromatic rings. The smallest absolute Gasteiger partial charge is 0.262 e. The highest BCUT2D eigenvalue weighted by atomic mass is 19.2. The van der Waals surface area contributed by atoms with E-state index < -0.39 is 23.6 Å². The van der Waals surface area contributed by atoms with Gasteiger partial charge in [0.05, 0.1) is 6.04 Å². The number of hydrogen-bond acceptors (Lipinski definition) is 2. The molecule has 1 atom stereocenters. The molecule has 0 bridgehead atoms. The topological polar surface area (TPSA) is 57.8 Å². The van der Waals surface area contributed by atoms with Crippen LogP contribution in [0.15, 0.2) is 29.8 Å². The lowest BCUT2D eigenvalue weighted by atomic mass is 10.1. The summed E-state index contributed by atoms with van der Waals surface area (Å²) in [6.45, 7) is 10.7. The predicted octanol–water partition coefficient (Wildman–Crippen LogP) is 4.82. The van der Waals surface area contributed by atoms with Crippen molar-refractivity contribution in [3.05, 3.63) is 64.0 Å². The van der Waals surface area contributed by atoms with E-state index in [0.29, 0.717) is 11.5 Å². The second-order valence-corrected chi connectivity index (χ2v) is 7.37. The van der Waals surface area contributed by atoms with Gasteiger partial charge in [0.25, 0.3) is 5.91 Å². The number of rotatable bonds is 6. The molecule has 4 nitrogen and oxygen atoms in total. The Hall–Kier alpha value is -2.94. The van der Waals surface area contributed by atoms with Crippen molar-refractivity contribution in [1.29, 1.82) is 5.26 Å². The Balaban J connectivity index is 2.24. The first kappa shape index (κ1) is 21.4. The van der Waals surface area contributed by atoms with E-state index in [1.165, 1.54) is 6.07 Å². The van der Waals surface area contributed by atoms with E-state index in [1.807, 2.05) is 26.0 Å². The van der Waals surface area contributed by atoms with Gasteiger partial charge in [-0.15, -0.1) is 0 Å². The summed E-state index contributed by atoms with van der Waals surface area (Å²) in [4.78, 5) is 12.5. The fraction of sp³-hybridized carbons (Fsp3) is 0.364. The fourth-order valence-corrected chi connectivity index (χ4v) is 3.06. The summed E-state index contributed by atoms with van der Waals surface area (Å²) in [6.07, 6.45) is 1.56. The molecule has 28 heavy (non-hydrogen) atoms. The minimum atomic E-state index is -0.979. The van der Waals surface area contributed by atoms with Gasteiger partial charge >= 0.3 is 0 Å². The number of carbonyl (C=O) groups is 1. The van der Waals surface area contributed by atoms with Crippen LogP contribution >= 0.6 is 0 Å². The molecule has 0 saturated heterocycles. The van der Waals surface area contributed by atoms with E-state index in [1.54, 1.807) is 13.0 Å². The fourth-order valence-electron chi connectivity index (χ4n) is 3.06. The number of amides is 1. The molecular formula is C22H25F2N3O. The van der Waals surface area contributed by atoms with Gasteiger partial charge in [0.1, 0.15) is 11.6 Å². The first-order valence-corrected chi connectivity index (χ1v) is 9.18. The molecule has 1 aromatic carbocycles. The van der Waals surface area contributed by atoms with Crippen molar-refractivity contribution in [3.63, 3.8) is 0 Å². The standard InChI is InChI=1S/C22H25F2N3O/c1-13(2)12-27-14(3)8-18(16(27)5)9-19(11-25)22(28)26-15(4)17-6-7-20(23)21(24)10-17/h6-10,13,15H,12H2,1-5H3,(H,26,28)/b19-9+. The quantitative estimate of drug-likeness (QED) is 0.572. The van der Waals surface area contributed by atoms with Gasteiger partial charge < -0.3 is 9.88 Å². The van der Waals surface area contributed by atoms with Crippen LogP contribution in [0.25, 0.3) is 6.08 Å². The van der Waals surface area contributed by atoms with Crippen molar-refractivity contribution in [2.24, 2.45) is 5.92 Å². The van der Waals surface area contributed by atoms with Crippen LogP contribution in [-0.2, 0) is 11.3 Å². The molecule has 1 unspecified atom stereocenters. The lowest BCUT2D eigenvalue weighted by Crippen LogP contribution is -2.27. The Bertz CT molecular complexity index is 951. The Morgan fingerprint density at radius 3 is 2.46 bits per heavy atom. The number of nitriles is 1. The normalized spacial score (nSPS) is 12.8. The molecule has 0 spiro atoms. The summed E-state index contributed by atoms with van der Waals surface area (Å²) < 4.78 is 28.7. The number of carbonyl (C=O) groups excluding carboxylic acids is 1. The molecule has 0 fully saturated rings. The number of halogens is 2. The maximum absolute atomic E-state index is 13.4. The first-order valence-electron chi connectivity index (χ1n) is 9.18. The van der Waals surface area contributed by atoms with E-state index in [4.69, 9.17) is 0 Å². The van der Waals surface area contributed by atoms with Gasteiger partial charge in [-0.05, 0) is 62.1 Å². The Kier molecular flexibility index (Phi) is 6.74. The molecule has 1 aromatic heterocycles. The Labute approximate surface area is 164 Å². The molecule has 1 amide bonds. The number of benzene rings is 1. The van der Waals surface area contributed by atoms with Crippen LogP contribution in [0.5, 0.6) is 0 Å². The molecule has 1 heterocycles. The van der Waals surface area contributed by atoms with Crippen molar-refractivity contribution in [3.8, 4) is 6.07 Å². The third-order valence-corrected chi connectivity index (χ3v) is 4.62. The van der Waals surface area contributed by atoms with Crippen LogP contribution in [0.3, 0.4) is 0 Å². The highest BCUT2D eigenvalue weighted by molar-refractivity contribution is 6.02. The lowest BCUT2D eigenvalue weighted by molar-refractivity contribution is -0.117. The van der Waals surface area contributed by atoms with Crippen LogP contribution in [0.1, 0.15) is 49.3 Å². The molecule has 0 aliphatic heterocycles. The monoisotopic (exact) mass is 385 g/mol. The molecule has 0 radical (unpaired) electrons. The molecule has 148 valence electrons. The van der Waals surface area contributed by atoms with Gasteiger partial charge in [-0.1, -0.05) is 19.9 Å². The van der Waals surface area contributed by atoms with Crippen LogP contribution in [0.2, 0.25) is 0 Å². The Morgan fingerprint density at radius 2 is 1.89 bits per heavy atom. The van der Waals surface area contributed by atoms with Crippen molar-refractivity contribution >= 4 is 12.0 Å². The average Bonchev–Trinajstić information content (AvgIpc) is 2.88. The van der Waals surface area contributed by atoms with Gasteiger partial charge in [-0.2, -0.15) is 5.26 Å². The number of aryl methyl sites for hydroxylation is 1. The lowest BCUT2D eigenvalue weighted by Gasteiger charge is -2.14. The second-order valence-electron chi connectivity index (χ2n) is 7.37. The van der Waals surface area contributed by atoms with Gasteiger partial charge in [0.2, 0.25) is 0 Å². The molecule has 0 saturated carbocycles. The largest absolute Gasteiger partial charge is 0.348 e. The van der Waals surface area contributed by atoms with E-state index >= 15 is 0 Å². The average molecular weight is 385 g/mol. The minimum absolute atomic E-state index is 0.0424. The van der Waals surface area contributed by atoms with Crippen molar-refractivity contribution < 1.29 is 13.6 Å². The third kappa shape index (κ3) is 4.86. The van der Waals surface area contributed by atoms with Crippen LogP contribution in [0, 0.1) is 42.7 Å². The van der Waals surface area contributed by atoms with E-state index in [2.05, 4.69) is 23.7 Å². The summed E-state index contributed by atoms with van der Waals surface area (Å²) in [6, 6.07) is 6.75. The van der Waals surface area contributed by atoms with Gasteiger partial charge in [0, 0.05) is 17.9 Å². The van der Waals surface area contributed by atoms with Gasteiger partial charge in [-0.25, -0.2) is 8.78 Å². The summed E-state index contributed by atoms with van der Waals surface area (Å²) in [7, 11) is 0. The summed E-state index contributed by atoms with van der Waals surface area (Å²) >= 11 is 0. The molecular weight excluding hydrogens is 360 g/mol. The zero-order valence-corrected chi connectivity index (χ0v) is 16.8. The molecule has 6 heteroatoms. The van der Waals surface area contributed by atoms with E-state index in [-0.39, 0.29) is 5.57 Å². The highest BCUT2D eigenvalue weighted by Gasteiger charge is 2.17. The summed E-state index contributed by atoms with van der Waals surface area (Å²) in [5.74, 6) is -2.02. The zero-order chi connectivity index (χ0) is 21.0. The molecule has 0 aliphatic carbocycles. The van der Waals surface area contributed by atoms with E-state index in [0.717, 1.165) is 35.6 Å². The Morgan fingerprint density at radius 1 is 1.21 bits per heavy atom. The van der Waals surface area contributed by atoms with Crippen molar-refractivity contribution in [2.45, 2.75) is 47.2 Å². The zero-order valence-electron chi connectivity index (χ0n) is 16.8.